The fourth-order valence-electron chi connectivity index (χ4n) is 3.66. The molecule has 2 aliphatic rings. The second-order valence-electron chi connectivity index (χ2n) is 5.97. The molecule has 0 aromatic heterocycles. The number of thioether (sulfide) groups is 1. The van der Waals surface area contributed by atoms with Gasteiger partial charge in [0.1, 0.15) is 0 Å². The van der Waals surface area contributed by atoms with Gasteiger partial charge >= 0.3 is 0 Å². The molecule has 1 fully saturated rings. The summed E-state index contributed by atoms with van der Waals surface area (Å²) in [6, 6.07) is 9.71. The molecule has 2 heterocycles. The molecule has 3 rings (SSSR count). The van der Waals surface area contributed by atoms with Crippen molar-refractivity contribution in [2.75, 3.05) is 32.7 Å². The Morgan fingerprint density at radius 2 is 2.05 bits per heavy atom. The van der Waals surface area contributed by atoms with Crippen LogP contribution in [0.4, 0.5) is 0 Å². The van der Waals surface area contributed by atoms with Crippen LogP contribution in [-0.2, 0) is 6.42 Å². The highest BCUT2D eigenvalue weighted by atomic mass is 32.2. The third kappa shape index (κ3) is 3.05. The minimum Gasteiger partial charge on any atom is -0.301 e. The van der Waals surface area contributed by atoms with Crippen molar-refractivity contribution in [1.29, 1.82) is 0 Å². The molecule has 0 N–H and O–H groups in total. The fraction of sp³-hybridized carbons (Fsp3) is 0.647. The minimum absolute atomic E-state index is 0.767. The van der Waals surface area contributed by atoms with Crippen LogP contribution in [0.3, 0.4) is 0 Å². The summed E-state index contributed by atoms with van der Waals surface area (Å²) >= 11 is 2.09. The third-order valence-electron chi connectivity index (χ3n) is 4.75. The highest BCUT2D eigenvalue weighted by molar-refractivity contribution is 8.00. The van der Waals surface area contributed by atoms with Crippen LogP contribution in [0.1, 0.15) is 25.8 Å². The first kappa shape index (κ1) is 14.4. The molecule has 0 radical (unpaired) electrons. The van der Waals surface area contributed by atoms with Crippen molar-refractivity contribution in [1.82, 2.24) is 9.80 Å². The lowest BCUT2D eigenvalue weighted by Crippen LogP contribution is -2.38. The molecule has 0 amide bonds. The first-order valence-corrected chi connectivity index (χ1v) is 8.89. The highest BCUT2D eigenvalue weighted by Gasteiger charge is 2.30. The molecule has 2 unspecified atom stereocenters. The Bertz CT molecular complexity index is 419. The summed E-state index contributed by atoms with van der Waals surface area (Å²) in [7, 11) is 0. The van der Waals surface area contributed by atoms with Gasteiger partial charge in [0.25, 0.3) is 0 Å². The molecule has 2 atom stereocenters. The van der Waals surface area contributed by atoms with Gasteiger partial charge < -0.3 is 4.90 Å². The largest absolute Gasteiger partial charge is 0.301 e. The van der Waals surface area contributed by atoms with Gasteiger partial charge in [0.2, 0.25) is 0 Å². The molecule has 0 bridgehead atoms. The zero-order valence-corrected chi connectivity index (χ0v) is 13.5. The van der Waals surface area contributed by atoms with Gasteiger partial charge in [0.15, 0.2) is 0 Å². The van der Waals surface area contributed by atoms with E-state index in [-0.39, 0.29) is 0 Å². The molecule has 0 aliphatic carbocycles. The number of fused-ring (bicyclic) bond motifs is 1. The van der Waals surface area contributed by atoms with E-state index in [2.05, 4.69) is 59.7 Å². The number of rotatable bonds is 5. The molecule has 3 heteroatoms. The van der Waals surface area contributed by atoms with Crippen LogP contribution in [0.2, 0.25) is 0 Å². The summed E-state index contributed by atoms with van der Waals surface area (Å²) in [5.41, 5.74) is 1.56. The van der Waals surface area contributed by atoms with Crippen LogP contribution >= 0.6 is 11.8 Å². The van der Waals surface area contributed by atoms with Crippen LogP contribution in [0.5, 0.6) is 0 Å². The lowest BCUT2D eigenvalue weighted by Gasteiger charge is -2.26. The van der Waals surface area contributed by atoms with Gasteiger partial charge in [-0.05, 0) is 44.1 Å². The molecule has 0 spiro atoms. The first-order chi connectivity index (χ1) is 9.80. The molecule has 1 aromatic carbocycles. The van der Waals surface area contributed by atoms with Gasteiger partial charge in [-0.25, -0.2) is 0 Å². The normalized spacial score (nSPS) is 26.4. The van der Waals surface area contributed by atoms with E-state index < -0.39 is 0 Å². The average Bonchev–Trinajstić information content (AvgIpc) is 3.07. The van der Waals surface area contributed by atoms with Crippen molar-refractivity contribution >= 4 is 11.8 Å². The Kier molecular flexibility index (Phi) is 4.69. The molecule has 110 valence electrons. The molecule has 1 saturated heterocycles. The number of hydrogen-bond acceptors (Lipinski definition) is 3. The zero-order valence-electron chi connectivity index (χ0n) is 12.7. The zero-order chi connectivity index (χ0) is 13.9. The van der Waals surface area contributed by atoms with E-state index in [0.717, 1.165) is 11.3 Å². The van der Waals surface area contributed by atoms with E-state index in [1.54, 1.807) is 5.56 Å². The van der Waals surface area contributed by atoms with Crippen LogP contribution in [-0.4, -0.2) is 53.8 Å². The molecule has 2 aliphatic heterocycles. The quantitative estimate of drug-likeness (QED) is 0.823. The fourth-order valence-corrected chi connectivity index (χ4v) is 5.03. The van der Waals surface area contributed by atoms with Crippen LogP contribution < -0.4 is 0 Å². The van der Waals surface area contributed by atoms with Crippen LogP contribution in [0.25, 0.3) is 0 Å². The summed E-state index contributed by atoms with van der Waals surface area (Å²) in [5.74, 6) is 0. The Labute approximate surface area is 127 Å². The maximum absolute atomic E-state index is 2.69. The van der Waals surface area contributed by atoms with Gasteiger partial charge in [0, 0.05) is 29.3 Å². The van der Waals surface area contributed by atoms with Crippen LogP contribution in [0.15, 0.2) is 29.2 Å². The smallest absolute Gasteiger partial charge is 0.0263 e. The van der Waals surface area contributed by atoms with Crippen molar-refractivity contribution in [3.63, 3.8) is 0 Å². The summed E-state index contributed by atoms with van der Waals surface area (Å²) in [4.78, 5) is 6.82. The molecular formula is C17H26N2S. The van der Waals surface area contributed by atoms with Gasteiger partial charge in [0.05, 0.1) is 0 Å². The number of likely N-dealkylation sites (tertiary alicyclic amines) is 1. The first-order valence-electron chi connectivity index (χ1n) is 8.01. The van der Waals surface area contributed by atoms with E-state index in [1.165, 1.54) is 50.5 Å². The third-order valence-corrected chi connectivity index (χ3v) is 6.05. The van der Waals surface area contributed by atoms with Crippen molar-refractivity contribution in [2.24, 2.45) is 0 Å². The number of likely N-dealkylation sites (N-methyl/N-ethyl adjacent to an activating group) is 1. The molecule has 2 nitrogen and oxygen atoms in total. The lowest BCUT2D eigenvalue weighted by atomic mass is 10.1. The Morgan fingerprint density at radius 1 is 1.25 bits per heavy atom. The van der Waals surface area contributed by atoms with Gasteiger partial charge in [-0.15, -0.1) is 11.8 Å². The maximum Gasteiger partial charge on any atom is 0.0263 e. The number of nitrogens with zero attached hydrogens (tertiary/aromatic N) is 2. The molecular weight excluding hydrogens is 264 g/mol. The number of benzene rings is 1. The minimum atomic E-state index is 0.767. The SMILES string of the molecule is CCN(CC)C1CCN(CC2Cc3ccccc3S2)C1. The van der Waals surface area contributed by atoms with Gasteiger partial charge in [-0.1, -0.05) is 32.0 Å². The van der Waals surface area contributed by atoms with E-state index in [0.29, 0.717) is 0 Å². The predicted molar refractivity (Wildman–Crippen MR) is 87.6 cm³/mol. The summed E-state index contributed by atoms with van der Waals surface area (Å²) in [5, 5.41) is 0.767. The van der Waals surface area contributed by atoms with Crippen molar-refractivity contribution < 1.29 is 0 Å². The highest BCUT2D eigenvalue weighted by Crippen LogP contribution is 2.37. The summed E-state index contributed by atoms with van der Waals surface area (Å²) in [6.45, 7) is 10.8. The van der Waals surface area contributed by atoms with Crippen molar-refractivity contribution in [3.8, 4) is 0 Å². The van der Waals surface area contributed by atoms with Crippen molar-refractivity contribution in [2.45, 2.75) is 42.9 Å². The maximum atomic E-state index is 2.69. The summed E-state index contributed by atoms with van der Waals surface area (Å²) in [6.07, 6.45) is 2.61. The average molecular weight is 290 g/mol. The van der Waals surface area contributed by atoms with E-state index in [1.807, 2.05) is 0 Å². The van der Waals surface area contributed by atoms with E-state index >= 15 is 0 Å². The Balaban J connectivity index is 1.51. The van der Waals surface area contributed by atoms with E-state index in [9.17, 15) is 0 Å². The van der Waals surface area contributed by atoms with Gasteiger partial charge in [-0.3, -0.25) is 4.90 Å². The van der Waals surface area contributed by atoms with Gasteiger partial charge in [-0.2, -0.15) is 0 Å². The lowest BCUT2D eigenvalue weighted by molar-refractivity contribution is 0.211. The molecule has 1 aromatic rings. The standard InChI is InChI=1S/C17H26N2S/c1-3-19(4-2)15-9-10-18(12-15)13-16-11-14-7-5-6-8-17(14)20-16/h5-8,15-16H,3-4,9-13H2,1-2H3. The summed E-state index contributed by atoms with van der Waals surface area (Å²) < 4.78 is 0. The number of hydrogen-bond donors (Lipinski definition) is 0. The molecule has 20 heavy (non-hydrogen) atoms. The van der Waals surface area contributed by atoms with Crippen LogP contribution in [0, 0.1) is 0 Å². The Hall–Kier alpha value is -0.510. The van der Waals surface area contributed by atoms with E-state index in [4.69, 9.17) is 0 Å². The Morgan fingerprint density at radius 3 is 2.80 bits per heavy atom. The second kappa shape index (κ2) is 6.50. The second-order valence-corrected chi connectivity index (χ2v) is 7.32. The monoisotopic (exact) mass is 290 g/mol. The van der Waals surface area contributed by atoms with Crippen molar-refractivity contribution in [3.05, 3.63) is 29.8 Å². The predicted octanol–water partition coefficient (Wildman–Crippen LogP) is 3.12. The topological polar surface area (TPSA) is 6.48 Å². The molecule has 0 saturated carbocycles.